The molecular weight excluding hydrogens is 274 g/mol. The van der Waals surface area contributed by atoms with Gasteiger partial charge in [0.1, 0.15) is 0 Å². The zero-order chi connectivity index (χ0) is 14.7. The van der Waals surface area contributed by atoms with Gasteiger partial charge in [-0.25, -0.2) is 0 Å². The molecule has 0 N–H and O–H groups in total. The highest BCUT2D eigenvalue weighted by atomic mass is 19.2. The van der Waals surface area contributed by atoms with E-state index in [-0.39, 0.29) is 17.6 Å². The van der Waals surface area contributed by atoms with Crippen molar-refractivity contribution in [2.75, 3.05) is 6.61 Å². The minimum atomic E-state index is -0.932. The molecule has 116 valence electrons. The quantitative estimate of drug-likeness (QED) is 0.746. The van der Waals surface area contributed by atoms with E-state index in [9.17, 15) is 8.78 Å². The van der Waals surface area contributed by atoms with Crippen molar-refractivity contribution in [3.05, 3.63) is 23.8 Å². The lowest BCUT2D eigenvalue weighted by Crippen LogP contribution is -2.25. The van der Waals surface area contributed by atoms with Crippen LogP contribution in [-0.2, 0) is 0 Å². The van der Waals surface area contributed by atoms with E-state index < -0.39 is 11.6 Å². The number of hydrogen-bond donors (Lipinski definition) is 0. The Morgan fingerprint density at radius 2 is 1.57 bits per heavy atom. The Bertz CT molecular complexity index is 480. The van der Waals surface area contributed by atoms with Gasteiger partial charge in [0, 0.05) is 0 Å². The summed E-state index contributed by atoms with van der Waals surface area (Å²) in [6.07, 6.45) is 8.90. The van der Waals surface area contributed by atoms with E-state index in [1.807, 2.05) is 0 Å². The number of hydrogen-bond acceptors (Lipinski definition) is 2. The molecule has 2 saturated carbocycles. The fourth-order valence-corrected chi connectivity index (χ4v) is 3.02. The molecule has 0 spiro atoms. The van der Waals surface area contributed by atoms with E-state index in [4.69, 9.17) is 9.47 Å². The second kappa shape index (κ2) is 6.63. The summed E-state index contributed by atoms with van der Waals surface area (Å²) in [5.41, 5.74) is 0. The first-order chi connectivity index (χ1) is 10.2. The topological polar surface area (TPSA) is 18.5 Å². The average Bonchev–Trinajstić information content (AvgIpc) is 2.94. The first-order valence-electron chi connectivity index (χ1n) is 8.01. The molecule has 1 aromatic carbocycles. The molecule has 0 saturated heterocycles. The summed E-state index contributed by atoms with van der Waals surface area (Å²) in [6, 6.07) is 2.95. The minimum absolute atomic E-state index is 0.000318. The van der Waals surface area contributed by atoms with Crippen molar-refractivity contribution in [3.8, 4) is 11.5 Å². The molecule has 0 aromatic heterocycles. The third-order valence-corrected chi connectivity index (χ3v) is 4.62. The van der Waals surface area contributed by atoms with E-state index in [1.54, 1.807) is 0 Å². The number of rotatable bonds is 6. The third-order valence-electron chi connectivity index (χ3n) is 4.62. The lowest BCUT2D eigenvalue weighted by Gasteiger charge is -2.26. The Kier molecular flexibility index (Phi) is 4.61. The van der Waals surface area contributed by atoms with Crippen molar-refractivity contribution >= 4 is 0 Å². The maximum absolute atomic E-state index is 14.0. The third kappa shape index (κ3) is 3.47. The highest BCUT2D eigenvalue weighted by molar-refractivity contribution is 5.35. The Labute approximate surface area is 124 Å². The molecule has 2 aliphatic rings. The van der Waals surface area contributed by atoms with Crippen LogP contribution in [0.3, 0.4) is 0 Å². The second-order valence-electron chi connectivity index (χ2n) is 6.15. The lowest BCUT2D eigenvalue weighted by atomic mass is 9.96. The van der Waals surface area contributed by atoms with Gasteiger partial charge in [-0.1, -0.05) is 25.7 Å². The summed E-state index contributed by atoms with van der Waals surface area (Å²) in [5.74, 6) is -1.19. The van der Waals surface area contributed by atoms with E-state index in [2.05, 4.69) is 0 Å². The molecule has 2 nitrogen and oxygen atoms in total. The summed E-state index contributed by atoms with van der Waals surface area (Å²) in [6.45, 7) is 0.448. The van der Waals surface area contributed by atoms with Crippen LogP contribution in [0.1, 0.15) is 51.4 Å². The largest absolute Gasteiger partial charge is 0.490 e. The molecule has 0 amide bonds. The maximum atomic E-state index is 14.0. The van der Waals surface area contributed by atoms with Gasteiger partial charge in [0.15, 0.2) is 11.5 Å². The van der Waals surface area contributed by atoms with Gasteiger partial charge in [0.25, 0.3) is 0 Å². The summed E-state index contributed by atoms with van der Waals surface area (Å²) in [5, 5.41) is 0. The zero-order valence-electron chi connectivity index (χ0n) is 12.2. The van der Waals surface area contributed by atoms with Gasteiger partial charge in [-0.2, -0.15) is 8.78 Å². The van der Waals surface area contributed by atoms with Gasteiger partial charge in [-0.3, -0.25) is 0 Å². The van der Waals surface area contributed by atoms with Gasteiger partial charge >= 0.3 is 0 Å². The predicted molar refractivity (Wildman–Crippen MR) is 76.7 cm³/mol. The molecule has 0 heterocycles. The average molecular weight is 296 g/mol. The minimum Gasteiger partial charge on any atom is -0.490 e. The van der Waals surface area contributed by atoms with E-state index in [0.717, 1.165) is 25.7 Å². The molecule has 21 heavy (non-hydrogen) atoms. The molecular formula is C17H22F2O2. The number of ether oxygens (including phenoxy) is 2. The van der Waals surface area contributed by atoms with Crippen molar-refractivity contribution in [1.29, 1.82) is 0 Å². The van der Waals surface area contributed by atoms with Gasteiger partial charge in [0.2, 0.25) is 11.6 Å². The van der Waals surface area contributed by atoms with E-state index in [1.165, 1.54) is 37.8 Å². The normalized spacial score (nSPS) is 19.5. The van der Waals surface area contributed by atoms with Crippen molar-refractivity contribution < 1.29 is 18.3 Å². The first-order valence-corrected chi connectivity index (χ1v) is 8.01. The molecule has 1 aromatic rings. The predicted octanol–water partition coefficient (Wildman–Crippen LogP) is 4.86. The molecule has 0 atom stereocenters. The first kappa shape index (κ1) is 14.6. The molecule has 4 heteroatoms. The van der Waals surface area contributed by atoms with Crippen LogP contribution in [-0.4, -0.2) is 12.7 Å². The van der Waals surface area contributed by atoms with Crippen molar-refractivity contribution in [1.82, 2.24) is 0 Å². The summed E-state index contributed by atoms with van der Waals surface area (Å²) in [4.78, 5) is 0. The molecule has 0 aliphatic heterocycles. The smallest absolute Gasteiger partial charge is 0.204 e. The highest BCUT2D eigenvalue weighted by Gasteiger charge is 2.23. The van der Waals surface area contributed by atoms with Gasteiger partial charge in [0.05, 0.1) is 12.7 Å². The van der Waals surface area contributed by atoms with Gasteiger partial charge < -0.3 is 9.47 Å². The summed E-state index contributed by atoms with van der Waals surface area (Å²) >= 11 is 0. The summed E-state index contributed by atoms with van der Waals surface area (Å²) < 4.78 is 38.7. The van der Waals surface area contributed by atoms with E-state index in [0.29, 0.717) is 12.5 Å². The van der Waals surface area contributed by atoms with Gasteiger partial charge in [-0.15, -0.1) is 0 Å². The number of benzene rings is 1. The Morgan fingerprint density at radius 1 is 0.905 bits per heavy atom. The molecule has 2 fully saturated rings. The molecule has 3 rings (SSSR count). The fraction of sp³-hybridized carbons (Fsp3) is 0.647. The van der Waals surface area contributed by atoms with Gasteiger partial charge in [-0.05, 0) is 43.7 Å². The molecule has 0 bridgehead atoms. The van der Waals surface area contributed by atoms with Crippen LogP contribution >= 0.6 is 0 Å². The SMILES string of the molecule is Fc1c(OCCC2CCCC2)ccc(OC2CCC2)c1F. The monoisotopic (exact) mass is 296 g/mol. The Morgan fingerprint density at radius 3 is 2.24 bits per heavy atom. The Balaban J connectivity index is 1.55. The number of halogens is 2. The maximum Gasteiger partial charge on any atom is 0.204 e. The molecule has 0 unspecified atom stereocenters. The molecule has 2 aliphatic carbocycles. The van der Waals surface area contributed by atoms with Crippen molar-refractivity contribution in [2.24, 2.45) is 5.92 Å². The zero-order valence-corrected chi connectivity index (χ0v) is 12.2. The van der Waals surface area contributed by atoms with Crippen molar-refractivity contribution in [3.63, 3.8) is 0 Å². The Hall–Kier alpha value is -1.32. The van der Waals surface area contributed by atoms with Crippen LogP contribution in [0.4, 0.5) is 8.78 Å². The lowest BCUT2D eigenvalue weighted by molar-refractivity contribution is 0.113. The van der Waals surface area contributed by atoms with E-state index >= 15 is 0 Å². The van der Waals surface area contributed by atoms with Crippen LogP contribution < -0.4 is 9.47 Å². The molecule has 0 radical (unpaired) electrons. The van der Waals surface area contributed by atoms with Crippen LogP contribution in [0.25, 0.3) is 0 Å². The van der Waals surface area contributed by atoms with Crippen molar-refractivity contribution in [2.45, 2.75) is 57.5 Å². The second-order valence-corrected chi connectivity index (χ2v) is 6.15. The summed E-state index contributed by atoms with van der Waals surface area (Å²) in [7, 11) is 0. The fourth-order valence-electron chi connectivity index (χ4n) is 3.02. The standard InChI is InChI=1S/C17H22F2O2/c18-16-14(20-11-10-12-4-1-2-5-12)8-9-15(17(16)19)21-13-6-3-7-13/h8-9,12-13H,1-7,10-11H2. The highest BCUT2D eigenvalue weighted by Crippen LogP contribution is 2.32. The van der Waals surface area contributed by atoms with Crippen LogP contribution in [0, 0.1) is 17.6 Å². The van der Waals surface area contributed by atoms with Crippen LogP contribution in [0.15, 0.2) is 12.1 Å². The van der Waals surface area contributed by atoms with Crippen LogP contribution in [0.5, 0.6) is 11.5 Å². The van der Waals surface area contributed by atoms with Crippen LogP contribution in [0.2, 0.25) is 0 Å².